The number of hydrogen-bond donors (Lipinski definition) is 1. The zero-order valence-corrected chi connectivity index (χ0v) is 19.8. The Morgan fingerprint density at radius 3 is 2.59 bits per heavy atom. The van der Waals surface area contributed by atoms with E-state index in [1.54, 1.807) is 30.0 Å². The van der Waals surface area contributed by atoms with Crippen molar-refractivity contribution < 1.29 is 23.2 Å². The van der Waals surface area contributed by atoms with Crippen molar-refractivity contribution in [3.63, 3.8) is 0 Å². The molecule has 0 saturated carbocycles. The molecular weight excluding hydrogens is 439 g/mol. The summed E-state index contributed by atoms with van der Waals surface area (Å²) >= 11 is 0. The normalized spacial score (nSPS) is 21.4. The molecule has 2 aromatic rings. The average Bonchev–Trinajstić information content (AvgIpc) is 3.33. The van der Waals surface area contributed by atoms with Gasteiger partial charge in [-0.2, -0.15) is 0 Å². The number of furan rings is 1. The smallest absolute Gasteiger partial charge is 0.325 e. The van der Waals surface area contributed by atoms with E-state index in [1.165, 1.54) is 23.3 Å². The number of benzene rings is 1. The first kappa shape index (κ1) is 23.9. The molecular formula is C25H31FN4O4. The molecule has 8 nitrogen and oxygen atoms in total. The number of amides is 4. The average molecular weight is 471 g/mol. The summed E-state index contributed by atoms with van der Waals surface area (Å²) in [4.78, 5) is 44.5. The van der Waals surface area contributed by atoms with Crippen LogP contribution in [0.3, 0.4) is 0 Å². The number of piperidine rings is 1. The minimum atomic E-state index is -1.17. The number of nitrogens with zero attached hydrogens (tertiary/aromatic N) is 3. The summed E-state index contributed by atoms with van der Waals surface area (Å²) in [6.45, 7) is 3.49. The molecule has 2 fully saturated rings. The van der Waals surface area contributed by atoms with Crippen molar-refractivity contribution in [3.05, 3.63) is 59.3 Å². The molecule has 1 aromatic carbocycles. The Bertz CT molecular complexity index is 1080. The number of halogens is 1. The maximum absolute atomic E-state index is 13.9. The fourth-order valence-electron chi connectivity index (χ4n) is 5.01. The van der Waals surface area contributed by atoms with Crippen LogP contribution < -0.4 is 5.32 Å². The predicted molar refractivity (Wildman–Crippen MR) is 124 cm³/mol. The van der Waals surface area contributed by atoms with Crippen molar-refractivity contribution in [1.82, 2.24) is 20.0 Å². The van der Waals surface area contributed by atoms with Crippen LogP contribution in [0.2, 0.25) is 0 Å². The first-order valence-corrected chi connectivity index (χ1v) is 11.6. The van der Waals surface area contributed by atoms with Gasteiger partial charge >= 0.3 is 6.03 Å². The van der Waals surface area contributed by atoms with Gasteiger partial charge in [-0.3, -0.25) is 14.5 Å². The Hall–Kier alpha value is -3.20. The largest absolute Gasteiger partial charge is 0.469 e. The maximum atomic E-state index is 13.9. The Balaban J connectivity index is 1.57. The van der Waals surface area contributed by atoms with E-state index in [2.05, 4.69) is 5.32 Å². The fourth-order valence-corrected chi connectivity index (χ4v) is 5.01. The van der Waals surface area contributed by atoms with Crippen molar-refractivity contribution in [2.24, 2.45) is 5.92 Å². The highest BCUT2D eigenvalue weighted by atomic mass is 19.1. The van der Waals surface area contributed by atoms with Crippen LogP contribution in [0.4, 0.5) is 9.18 Å². The van der Waals surface area contributed by atoms with E-state index in [0.29, 0.717) is 49.4 Å². The second-order valence-electron chi connectivity index (χ2n) is 9.43. The molecule has 3 heterocycles. The molecule has 2 saturated heterocycles. The molecule has 0 spiro atoms. The van der Waals surface area contributed by atoms with Crippen LogP contribution in [0.25, 0.3) is 0 Å². The van der Waals surface area contributed by atoms with E-state index in [4.69, 9.17) is 4.42 Å². The lowest BCUT2D eigenvalue weighted by Gasteiger charge is -2.41. The van der Waals surface area contributed by atoms with Crippen LogP contribution in [-0.2, 0) is 11.2 Å². The lowest BCUT2D eigenvalue weighted by atomic mass is 9.73. The molecule has 4 amide bonds. The molecule has 1 unspecified atom stereocenters. The molecule has 1 aromatic heterocycles. The minimum Gasteiger partial charge on any atom is -0.469 e. The number of hydrogen-bond acceptors (Lipinski definition) is 5. The topological polar surface area (TPSA) is 86.1 Å². The van der Waals surface area contributed by atoms with Gasteiger partial charge in [0, 0.05) is 32.6 Å². The zero-order valence-electron chi connectivity index (χ0n) is 19.8. The second kappa shape index (κ2) is 9.58. The van der Waals surface area contributed by atoms with E-state index < -0.39 is 11.6 Å². The summed E-state index contributed by atoms with van der Waals surface area (Å²) in [6.07, 6.45) is 2.79. The summed E-state index contributed by atoms with van der Waals surface area (Å²) in [5.74, 6) is -0.377. The lowest BCUT2D eigenvalue weighted by Crippen LogP contribution is -2.58. The number of imide groups is 1. The van der Waals surface area contributed by atoms with Crippen LogP contribution in [0.15, 0.2) is 41.0 Å². The van der Waals surface area contributed by atoms with Gasteiger partial charge in [-0.15, -0.1) is 0 Å². The summed E-state index contributed by atoms with van der Waals surface area (Å²) < 4.78 is 19.2. The molecule has 2 aliphatic heterocycles. The number of likely N-dealkylation sites (tertiary alicyclic amines) is 1. The minimum absolute atomic E-state index is 0.0988. The Morgan fingerprint density at radius 2 is 1.97 bits per heavy atom. The quantitative estimate of drug-likeness (QED) is 0.629. The SMILES string of the molecule is Cc1occc1C(=O)N1CCC(C2(Cc3cccc(F)c3)NC(=O)N(CCN(C)C)C2=O)CC1. The number of aryl methyl sites for hydroxylation is 1. The fraction of sp³-hybridized carbons (Fsp3) is 0.480. The summed E-state index contributed by atoms with van der Waals surface area (Å²) in [7, 11) is 3.76. The lowest BCUT2D eigenvalue weighted by molar-refractivity contribution is -0.134. The number of rotatable bonds is 7. The number of carbonyl (C=O) groups excluding carboxylic acids is 3. The molecule has 1 N–H and O–H groups in total. The van der Waals surface area contributed by atoms with E-state index in [0.717, 1.165) is 0 Å². The molecule has 0 aliphatic carbocycles. The maximum Gasteiger partial charge on any atom is 0.325 e. The zero-order chi connectivity index (χ0) is 24.5. The highest BCUT2D eigenvalue weighted by Crippen LogP contribution is 2.37. The van der Waals surface area contributed by atoms with Gasteiger partial charge in [0.05, 0.1) is 11.8 Å². The Labute approximate surface area is 198 Å². The molecule has 34 heavy (non-hydrogen) atoms. The molecule has 2 aliphatic rings. The number of likely N-dealkylation sites (N-methyl/N-ethyl adjacent to an activating group) is 1. The molecule has 0 radical (unpaired) electrons. The van der Waals surface area contributed by atoms with Gasteiger partial charge in [0.2, 0.25) is 0 Å². The van der Waals surface area contributed by atoms with Crippen LogP contribution in [0.5, 0.6) is 0 Å². The van der Waals surface area contributed by atoms with Crippen LogP contribution >= 0.6 is 0 Å². The first-order valence-electron chi connectivity index (χ1n) is 11.6. The monoisotopic (exact) mass is 470 g/mol. The number of carbonyl (C=O) groups is 3. The third-order valence-corrected chi connectivity index (χ3v) is 6.91. The van der Waals surface area contributed by atoms with Crippen molar-refractivity contribution in [2.45, 2.75) is 31.7 Å². The standard InChI is InChI=1S/C25H31FN4O4/c1-17-21(9-14-34-17)22(31)29-10-7-19(8-11-29)25(16-18-5-4-6-20(26)15-18)23(32)30(24(33)27-25)13-12-28(2)3/h4-6,9,14-15,19H,7-8,10-13,16H2,1-3H3,(H,27,33). The third kappa shape index (κ3) is 4.57. The van der Waals surface area contributed by atoms with Crippen molar-refractivity contribution in [1.29, 1.82) is 0 Å². The summed E-state index contributed by atoms with van der Waals surface area (Å²) in [5.41, 5.74) is 0.0152. The van der Waals surface area contributed by atoms with Crippen molar-refractivity contribution in [3.8, 4) is 0 Å². The number of nitrogens with one attached hydrogen (secondary N) is 1. The van der Waals surface area contributed by atoms with Crippen molar-refractivity contribution in [2.75, 3.05) is 40.3 Å². The van der Waals surface area contributed by atoms with E-state index in [1.807, 2.05) is 19.0 Å². The van der Waals surface area contributed by atoms with E-state index in [9.17, 15) is 18.8 Å². The molecule has 1 atom stereocenters. The number of urea groups is 1. The van der Waals surface area contributed by atoms with Gasteiger partial charge in [0.25, 0.3) is 11.8 Å². The highest BCUT2D eigenvalue weighted by molar-refractivity contribution is 6.07. The first-order chi connectivity index (χ1) is 16.2. The Kier molecular flexibility index (Phi) is 6.74. The van der Waals surface area contributed by atoms with E-state index >= 15 is 0 Å². The highest BCUT2D eigenvalue weighted by Gasteiger charge is 2.56. The predicted octanol–water partition coefficient (Wildman–Crippen LogP) is 2.67. The van der Waals surface area contributed by atoms with Gasteiger partial charge < -0.3 is 19.5 Å². The van der Waals surface area contributed by atoms with Gasteiger partial charge in [-0.1, -0.05) is 12.1 Å². The van der Waals surface area contributed by atoms with E-state index in [-0.39, 0.29) is 36.5 Å². The third-order valence-electron chi connectivity index (χ3n) is 6.91. The van der Waals surface area contributed by atoms with Crippen molar-refractivity contribution >= 4 is 17.8 Å². The van der Waals surface area contributed by atoms with Crippen LogP contribution in [0.1, 0.15) is 34.5 Å². The molecule has 182 valence electrons. The molecule has 9 heteroatoms. The van der Waals surface area contributed by atoms with Crippen LogP contribution in [0, 0.1) is 18.7 Å². The Morgan fingerprint density at radius 1 is 1.24 bits per heavy atom. The van der Waals surface area contributed by atoms with Gasteiger partial charge in [0.15, 0.2) is 0 Å². The molecule has 4 rings (SSSR count). The van der Waals surface area contributed by atoms with Gasteiger partial charge in [-0.25, -0.2) is 9.18 Å². The van der Waals surface area contributed by atoms with Crippen LogP contribution in [-0.4, -0.2) is 78.4 Å². The second-order valence-corrected chi connectivity index (χ2v) is 9.43. The van der Waals surface area contributed by atoms with Gasteiger partial charge in [-0.05, 0) is 63.5 Å². The van der Waals surface area contributed by atoms with Gasteiger partial charge in [0.1, 0.15) is 17.1 Å². The summed E-state index contributed by atoms with van der Waals surface area (Å²) in [5, 5.41) is 2.99. The molecule has 0 bridgehead atoms. The summed E-state index contributed by atoms with van der Waals surface area (Å²) in [6, 6.07) is 7.39.